The molecule has 0 heterocycles. The molecule has 18 heavy (non-hydrogen) atoms. The number of amides is 1. The molecular weight excluding hydrogens is 238 g/mol. The Kier molecular flexibility index (Phi) is 7.54. The number of ether oxygens (including phenoxy) is 3. The van der Waals surface area contributed by atoms with E-state index in [1.54, 1.807) is 34.8 Å². The van der Waals surface area contributed by atoms with Crippen molar-refractivity contribution >= 4 is 11.9 Å². The van der Waals surface area contributed by atoms with Gasteiger partial charge >= 0.3 is 5.97 Å². The fourth-order valence-corrected chi connectivity index (χ4v) is 1.04. The lowest BCUT2D eigenvalue weighted by Gasteiger charge is -2.22. The number of nitrogens with one attached hydrogen (secondary N) is 1. The van der Waals surface area contributed by atoms with E-state index in [0.717, 1.165) is 0 Å². The quantitative estimate of drug-likeness (QED) is 0.533. The molecule has 0 aromatic rings. The molecule has 0 spiro atoms. The van der Waals surface area contributed by atoms with Crippen molar-refractivity contribution in [1.29, 1.82) is 0 Å². The summed E-state index contributed by atoms with van der Waals surface area (Å²) < 4.78 is 14.9. The van der Waals surface area contributed by atoms with Gasteiger partial charge in [0.1, 0.15) is 18.2 Å². The van der Waals surface area contributed by atoms with Crippen molar-refractivity contribution in [2.45, 2.75) is 39.3 Å². The van der Waals surface area contributed by atoms with Crippen LogP contribution < -0.4 is 5.32 Å². The SMILES string of the molecule is COCCOCC(=O)N[C@H](C)C(=O)OC(C)(C)C. The van der Waals surface area contributed by atoms with Gasteiger partial charge in [0, 0.05) is 7.11 Å². The van der Waals surface area contributed by atoms with Gasteiger partial charge < -0.3 is 19.5 Å². The van der Waals surface area contributed by atoms with Crippen molar-refractivity contribution in [2.24, 2.45) is 0 Å². The Morgan fingerprint density at radius 2 is 1.83 bits per heavy atom. The Morgan fingerprint density at radius 3 is 2.33 bits per heavy atom. The monoisotopic (exact) mass is 261 g/mol. The molecule has 0 aliphatic carbocycles. The van der Waals surface area contributed by atoms with E-state index < -0.39 is 17.6 Å². The van der Waals surface area contributed by atoms with Crippen LogP contribution in [0, 0.1) is 0 Å². The summed E-state index contributed by atoms with van der Waals surface area (Å²) >= 11 is 0. The summed E-state index contributed by atoms with van der Waals surface area (Å²) in [4.78, 5) is 23.0. The first-order chi connectivity index (χ1) is 8.26. The molecule has 0 rings (SSSR count). The van der Waals surface area contributed by atoms with Crippen molar-refractivity contribution in [3.05, 3.63) is 0 Å². The highest BCUT2D eigenvalue weighted by atomic mass is 16.6. The number of methoxy groups -OCH3 is 1. The molecule has 1 amide bonds. The molecule has 6 heteroatoms. The molecule has 0 aliphatic rings. The maximum atomic E-state index is 11.6. The molecule has 0 saturated heterocycles. The first kappa shape index (κ1) is 16.9. The van der Waals surface area contributed by atoms with Gasteiger partial charge in [-0.3, -0.25) is 4.79 Å². The van der Waals surface area contributed by atoms with E-state index in [-0.39, 0.29) is 12.5 Å². The minimum Gasteiger partial charge on any atom is -0.458 e. The molecule has 1 atom stereocenters. The Bertz CT molecular complexity index is 272. The van der Waals surface area contributed by atoms with Crippen molar-refractivity contribution in [3.8, 4) is 0 Å². The molecule has 106 valence electrons. The minimum absolute atomic E-state index is 0.101. The first-order valence-corrected chi connectivity index (χ1v) is 5.85. The van der Waals surface area contributed by atoms with E-state index in [4.69, 9.17) is 14.2 Å². The van der Waals surface area contributed by atoms with Crippen LogP contribution in [0.4, 0.5) is 0 Å². The minimum atomic E-state index is -0.692. The van der Waals surface area contributed by atoms with E-state index >= 15 is 0 Å². The van der Waals surface area contributed by atoms with E-state index in [9.17, 15) is 9.59 Å². The summed E-state index contributed by atoms with van der Waals surface area (Å²) in [6, 6.07) is -0.692. The molecule has 0 unspecified atom stereocenters. The molecule has 0 fully saturated rings. The average molecular weight is 261 g/mol. The Labute approximate surface area is 108 Å². The van der Waals surface area contributed by atoms with Crippen LogP contribution in [0.2, 0.25) is 0 Å². The molecule has 6 nitrogen and oxygen atoms in total. The number of carbonyl (C=O) groups excluding carboxylic acids is 2. The number of carbonyl (C=O) groups is 2. The Morgan fingerprint density at radius 1 is 1.22 bits per heavy atom. The molecule has 0 bridgehead atoms. The second-order valence-corrected chi connectivity index (χ2v) is 4.87. The maximum absolute atomic E-state index is 11.6. The van der Waals surface area contributed by atoms with Gasteiger partial charge in [-0.1, -0.05) is 0 Å². The van der Waals surface area contributed by atoms with Crippen molar-refractivity contribution in [3.63, 3.8) is 0 Å². The van der Waals surface area contributed by atoms with Crippen LogP contribution in [0.15, 0.2) is 0 Å². The van der Waals surface area contributed by atoms with Crippen LogP contribution in [-0.4, -0.2) is 50.4 Å². The third-order valence-corrected chi connectivity index (χ3v) is 1.80. The van der Waals surface area contributed by atoms with Crippen LogP contribution in [0.3, 0.4) is 0 Å². The van der Waals surface area contributed by atoms with Crippen molar-refractivity contribution in [1.82, 2.24) is 5.32 Å². The predicted molar refractivity (Wildman–Crippen MR) is 66.1 cm³/mol. The van der Waals surface area contributed by atoms with Crippen LogP contribution in [-0.2, 0) is 23.8 Å². The topological polar surface area (TPSA) is 73.9 Å². The third-order valence-electron chi connectivity index (χ3n) is 1.80. The number of hydrogen-bond donors (Lipinski definition) is 1. The summed E-state index contributed by atoms with van der Waals surface area (Å²) in [6.07, 6.45) is 0. The zero-order valence-electron chi connectivity index (χ0n) is 11.7. The summed E-state index contributed by atoms with van der Waals surface area (Å²) in [7, 11) is 1.55. The van der Waals surface area contributed by atoms with E-state index in [2.05, 4.69) is 5.32 Å². The number of hydrogen-bond acceptors (Lipinski definition) is 5. The fourth-order valence-electron chi connectivity index (χ4n) is 1.04. The Balaban J connectivity index is 3.89. The zero-order chi connectivity index (χ0) is 14.2. The summed E-state index contributed by atoms with van der Waals surface area (Å²) in [5.41, 5.74) is -0.564. The van der Waals surface area contributed by atoms with Gasteiger partial charge in [-0.25, -0.2) is 4.79 Å². The van der Waals surface area contributed by atoms with Crippen LogP contribution >= 0.6 is 0 Å². The lowest BCUT2D eigenvalue weighted by Crippen LogP contribution is -2.43. The lowest BCUT2D eigenvalue weighted by molar-refractivity contribution is -0.158. The summed E-state index contributed by atoms with van der Waals surface area (Å²) in [5.74, 6) is -0.822. The normalized spacial score (nSPS) is 12.9. The van der Waals surface area contributed by atoms with Gasteiger partial charge in [-0.15, -0.1) is 0 Å². The predicted octanol–water partition coefficient (Wildman–Crippen LogP) is 0.496. The molecule has 0 radical (unpaired) electrons. The zero-order valence-corrected chi connectivity index (χ0v) is 11.7. The second-order valence-electron chi connectivity index (χ2n) is 4.87. The van der Waals surface area contributed by atoms with Gasteiger partial charge in [0.15, 0.2) is 0 Å². The number of esters is 1. The van der Waals surface area contributed by atoms with Gasteiger partial charge in [-0.2, -0.15) is 0 Å². The molecule has 1 N–H and O–H groups in total. The van der Waals surface area contributed by atoms with Gasteiger partial charge in [0.25, 0.3) is 0 Å². The lowest BCUT2D eigenvalue weighted by atomic mass is 10.2. The molecular formula is C12H23NO5. The van der Waals surface area contributed by atoms with Crippen molar-refractivity contribution in [2.75, 3.05) is 26.9 Å². The van der Waals surface area contributed by atoms with Crippen molar-refractivity contribution < 1.29 is 23.8 Å². The average Bonchev–Trinajstić information content (AvgIpc) is 2.22. The van der Waals surface area contributed by atoms with E-state index in [0.29, 0.717) is 13.2 Å². The third kappa shape index (κ3) is 8.95. The first-order valence-electron chi connectivity index (χ1n) is 5.85. The highest BCUT2D eigenvalue weighted by Crippen LogP contribution is 2.08. The Hall–Kier alpha value is -1.14. The van der Waals surface area contributed by atoms with E-state index in [1.165, 1.54) is 0 Å². The second kappa shape index (κ2) is 8.05. The molecule has 0 aromatic carbocycles. The van der Waals surface area contributed by atoms with Gasteiger partial charge in [0.05, 0.1) is 13.2 Å². The summed E-state index contributed by atoms with van der Waals surface area (Å²) in [5, 5.41) is 2.50. The fraction of sp³-hybridized carbons (Fsp3) is 0.833. The van der Waals surface area contributed by atoms with Gasteiger partial charge in [0.2, 0.25) is 5.91 Å². The molecule has 0 saturated carbocycles. The van der Waals surface area contributed by atoms with Crippen LogP contribution in [0.25, 0.3) is 0 Å². The van der Waals surface area contributed by atoms with Crippen LogP contribution in [0.5, 0.6) is 0 Å². The maximum Gasteiger partial charge on any atom is 0.328 e. The molecule has 0 aliphatic heterocycles. The smallest absolute Gasteiger partial charge is 0.328 e. The van der Waals surface area contributed by atoms with E-state index in [1.807, 2.05) is 0 Å². The highest BCUT2D eigenvalue weighted by molar-refractivity contribution is 5.84. The standard InChI is InChI=1S/C12H23NO5/c1-9(11(15)18-12(2,3)4)13-10(14)8-17-7-6-16-5/h9H,6-8H2,1-5H3,(H,13,14)/t9-/m1/s1. The van der Waals surface area contributed by atoms with Gasteiger partial charge in [-0.05, 0) is 27.7 Å². The summed E-state index contributed by atoms with van der Waals surface area (Å²) in [6.45, 7) is 7.55. The van der Waals surface area contributed by atoms with Crippen LogP contribution in [0.1, 0.15) is 27.7 Å². The highest BCUT2D eigenvalue weighted by Gasteiger charge is 2.22. The molecule has 0 aromatic heterocycles. The number of rotatable bonds is 7. The largest absolute Gasteiger partial charge is 0.458 e.